The van der Waals surface area contributed by atoms with Crippen LogP contribution < -0.4 is 5.14 Å². The van der Waals surface area contributed by atoms with Gasteiger partial charge in [0.05, 0.1) is 16.3 Å². The standard InChI is InChI=1S/C32H25FN4O4S3/c1-18-5-8-22(43-18)9-6-19-3-2-4-21(13-19)28-23(14-20-7-10-27(25(33)15-20)44(34,40)41)29(24-16-32(24)11-12-32)37(36-28)31-35-26(17-42-31)30(38)39/h2-5,7-8,10,13,15,17,24H,11-12,14,16H2,1H3,(H,38,39)(H2,34,40,41). The smallest absolute Gasteiger partial charge is 0.355 e. The van der Waals surface area contributed by atoms with Gasteiger partial charge in [-0.3, -0.25) is 0 Å². The fourth-order valence-electron chi connectivity index (χ4n) is 5.75. The van der Waals surface area contributed by atoms with E-state index in [0.717, 1.165) is 46.5 Å². The monoisotopic (exact) mass is 644 g/mol. The summed E-state index contributed by atoms with van der Waals surface area (Å²) in [6, 6.07) is 15.7. The summed E-state index contributed by atoms with van der Waals surface area (Å²) in [5.74, 6) is 4.61. The van der Waals surface area contributed by atoms with Crippen LogP contribution in [0.5, 0.6) is 0 Å². The van der Waals surface area contributed by atoms with Crippen LogP contribution in [0.25, 0.3) is 16.4 Å². The summed E-state index contributed by atoms with van der Waals surface area (Å²) in [6.07, 6.45) is 3.44. The highest BCUT2D eigenvalue weighted by Crippen LogP contribution is 2.75. The van der Waals surface area contributed by atoms with Crippen molar-refractivity contribution in [2.24, 2.45) is 10.6 Å². The molecule has 0 saturated heterocycles. The second kappa shape index (κ2) is 10.5. The Morgan fingerprint density at radius 2 is 2.00 bits per heavy atom. The molecule has 1 unspecified atom stereocenters. The van der Waals surface area contributed by atoms with Gasteiger partial charge in [0, 0.05) is 39.3 Å². The Labute approximate surface area is 261 Å². The molecule has 2 aliphatic rings. The van der Waals surface area contributed by atoms with Crippen LogP contribution in [0.1, 0.15) is 67.8 Å². The lowest BCUT2D eigenvalue weighted by molar-refractivity contribution is 0.0691. The Balaban J connectivity index is 1.38. The van der Waals surface area contributed by atoms with Gasteiger partial charge in [-0.05, 0) is 73.6 Å². The first-order chi connectivity index (χ1) is 21.0. The minimum absolute atomic E-state index is 0.0618. The highest BCUT2D eigenvalue weighted by molar-refractivity contribution is 7.89. The number of nitrogens with two attached hydrogens (primary N) is 1. The molecule has 8 nitrogen and oxygen atoms in total. The summed E-state index contributed by atoms with van der Waals surface area (Å²) in [4.78, 5) is 17.6. The van der Waals surface area contributed by atoms with Crippen molar-refractivity contribution in [2.45, 2.75) is 43.4 Å². The topological polar surface area (TPSA) is 128 Å². The number of thiazole rings is 1. The fourth-order valence-corrected chi connectivity index (χ4v) is 7.82. The Morgan fingerprint density at radius 3 is 2.64 bits per heavy atom. The van der Waals surface area contributed by atoms with E-state index in [1.165, 1.54) is 33.7 Å². The summed E-state index contributed by atoms with van der Waals surface area (Å²) in [5, 5.41) is 21.7. The third kappa shape index (κ3) is 5.37. The highest BCUT2D eigenvalue weighted by atomic mass is 32.2. The fraction of sp³-hybridized carbons (Fsp3) is 0.219. The van der Waals surface area contributed by atoms with E-state index in [1.54, 1.807) is 22.1 Å². The molecule has 0 amide bonds. The SMILES string of the molecule is Cc1ccc(C#Cc2cccc(-c3nn(-c4nc(C(=O)O)cs4)c(C4CC45CC5)c3Cc3ccc(S(N)(=O)=O)c(F)c3)c2)s1. The predicted molar refractivity (Wildman–Crippen MR) is 166 cm³/mol. The molecule has 2 fully saturated rings. The summed E-state index contributed by atoms with van der Waals surface area (Å²) in [6.45, 7) is 2.04. The molecule has 1 spiro atoms. The Kier molecular flexibility index (Phi) is 6.82. The molecule has 3 heterocycles. The summed E-state index contributed by atoms with van der Waals surface area (Å²) < 4.78 is 40.4. The molecular weight excluding hydrogens is 620 g/mol. The second-order valence-electron chi connectivity index (χ2n) is 11.3. The molecule has 0 bridgehead atoms. The first kappa shape index (κ1) is 28.6. The van der Waals surface area contributed by atoms with E-state index >= 15 is 0 Å². The van der Waals surface area contributed by atoms with Crippen molar-refractivity contribution in [3.05, 3.63) is 104 Å². The van der Waals surface area contributed by atoms with Crippen LogP contribution in [0.2, 0.25) is 0 Å². The minimum Gasteiger partial charge on any atom is -0.476 e. The van der Waals surface area contributed by atoms with Crippen molar-refractivity contribution in [1.82, 2.24) is 14.8 Å². The first-order valence-electron chi connectivity index (χ1n) is 13.8. The van der Waals surface area contributed by atoms with Crippen molar-refractivity contribution < 1.29 is 22.7 Å². The van der Waals surface area contributed by atoms with Crippen molar-refractivity contribution in [3.63, 3.8) is 0 Å². The van der Waals surface area contributed by atoms with Gasteiger partial charge in [-0.2, -0.15) is 5.10 Å². The van der Waals surface area contributed by atoms with Gasteiger partial charge in [-0.15, -0.1) is 22.7 Å². The molecule has 3 aromatic heterocycles. The molecule has 5 aromatic rings. The predicted octanol–water partition coefficient (Wildman–Crippen LogP) is 6.11. The van der Waals surface area contributed by atoms with Crippen LogP contribution >= 0.6 is 22.7 Å². The van der Waals surface area contributed by atoms with E-state index < -0.39 is 26.7 Å². The maximum Gasteiger partial charge on any atom is 0.355 e. The first-order valence-corrected chi connectivity index (χ1v) is 17.1. The molecule has 0 radical (unpaired) electrons. The number of rotatable bonds is 7. The number of halogens is 1. The third-order valence-electron chi connectivity index (χ3n) is 8.22. The zero-order valence-corrected chi connectivity index (χ0v) is 25.8. The van der Waals surface area contributed by atoms with E-state index in [1.807, 2.05) is 43.3 Å². The van der Waals surface area contributed by atoms with Gasteiger partial charge in [0.15, 0.2) is 5.69 Å². The van der Waals surface area contributed by atoms with Gasteiger partial charge in [-0.1, -0.05) is 30.0 Å². The molecule has 2 aliphatic carbocycles. The van der Waals surface area contributed by atoms with Crippen molar-refractivity contribution >= 4 is 38.7 Å². The number of thiophene rings is 1. The molecular formula is C32H25FN4O4S3. The number of carbonyl (C=O) groups is 1. The Morgan fingerprint density at radius 1 is 1.18 bits per heavy atom. The number of nitrogens with zero attached hydrogens (tertiary/aromatic N) is 3. The van der Waals surface area contributed by atoms with E-state index in [2.05, 4.69) is 16.8 Å². The quantitative estimate of drug-likeness (QED) is 0.206. The number of hydrogen-bond acceptors (Lipinski definition) is 7. The van der Waals surface area contributed by atoms with Gasteiger partial charge < -0.3 is 5.11 Å². The Hall–Kier alpha value is -4.15. The van der Waals surface area contributed by atoms with Crippen molar-refractivity contribution in [2.75, 3.05) is 0 Å². The number of benzene rings is 2. The molecule has 0 aliphatic heterocycles. The number of aryl methyl sites for hydroxylation is 1. The maximum atomic E-state index is 14.9. The summed E-state index contributed by atoms with van der Waals surface area (Å²) in [7, 11) is -4.22. The number of primary sulfonamides is 1. The molecule has 7 rings (SSSR count). The summed E-state index contributed by atoms with van der Waals surface area (Å²) >= 11 is 2.82. The molecule has 2 aromatic carbocycles. The van der Waals surface area contributed by atoms with Crippen LogP contribution in [0.4, 0.5) is 4.39 Å². The second-order valence-corrected chi connectivity index (χ2v) is 14.9. The summed E-state index contributed by atoms with van der Waals surface area (Å²) in [5.41, 5.74) is 4.72. The lowest BCUT2D eigenvalue weighted by Gasteiger charge is -2.10. The average Bonchev–Trinajstić information content (AvgIpc) is 3.65. The van der Waals surface area contributed by atoms with E-state index in [9.17, 15) is 22.7 Å². The van der Waals surface area contributed by atoms with E-state index in [-0.39, 0.29) is 23.4 Å². The van der Waals surface area contributed by atoms with Crippen LogP contribution in [0, 0.1) is 30.0 Å². The van der Waals surface area contributed by atoms with Crippen LogP contribution in [0.15, 0.2) is 64.9 Å². The van der Waals surface area contributed by atoms with Crippen LogP contribution in [-0.2, 0) is 16.4 Å². The molecule has 3 N–H and O–H groups in total. The maximum absolute atomic E-state index is 14.9. The number of aromatic carboxylic acids is 1. The van der Waals surface area contributed by atoms with Crippen molar-refractivity contribution in [3.8, 4) is 28.2 Å². The molecule has 44 heavy (non-hydrogen) atoms. The lowest BCUT2D eigenvalue weighted by atomic mass is 9.96. The Bertz CT molecular complexity index is 2150. The highest BCUT2D eigenvalue weighted by Gasteiger charge is 2.64. The number of carboxylic acid groups (broad SMARTS) is 1. The van der Waals surface area contributed by atoms with Gasteiger partial charge >= 0.3 is 5.97 Å². The molecule has 222 valence electrons. The molecule has 12 heteroatoms. The molecule has 1 atom stereocenters. The number of aromatic nitrogens is 3. The largest absolute Gasteiger partial charge is 0.476 e. The number of hydrogen-bond donors (Lipinski definition) is 2. The van der Waals surface area contributed by atoms with Crippen molar-refractivity contribution in [1.29, 1.82) is 0 Å². The number of carboxylic acids is 1. The zero-order chi connectivity index (χ0) is 30.8. The van der Waals surface area contributed by atoms with Crippen LogP contribution in [-0.4, -0.2) is 34.3 Å². The van der Waals surface area contributed by atoms with E-state index in [0.29, 0.717) is 16.4 Å². The van der Waals surface area contributed by atoms with Gasteiger partial charge in [0.1, 0.15) is 10.7 Å². The molecule has 2 saturated carbocycles. The zero-order valence-electron chi connectivity index (χ0n) is 23.4. The third-order valence-corrected chi connectivity index (χ3v) is 10.9. The van der Waals surface area contributed by atoms with Gasteiger partial charge in [-0.25, -0.2) is 32.4 Å². The number of sulfonamides is 1. The van der Waals surface area contributed by atoms with E-state index in [4.69, 9.17) is 10.2 Å². The lowest BCUT2D eigenvalue weighted by Crippen LogP contribution is -2.14. The minimum atomic E-state index is -4.22. The normalized spacial score (nSPS) is 16.5. The van der Waals surface area contributed by atoms with Crippen LogP contribution in [0.3, 0.4) is 0 Å². The average molecular weight is 645 g/mol. The van der Waals surface area contributed by atoms with Gasteiger partial charge in [0.2, 0.25) is 15.2 Å². The van der Waals surface area contributed by atoms with Gasteiger partial charge in [0.25, 0.3) is 0 Å².